The molecule has 0 aromatic heterocycles. The predicted octanol–water partition coefficient (Wildman–Crippen LogP) is 7.36. The van der Waals surface area contributed by atoms with Crippen molar-refractivity contribution in [2.45, 2.75) is 32.5 Å². The molecule has 2 atom stereocenters. The third-order valence-corrected chi connectivity index (χ3v) is 7.07. The molecule has 5 nitrogen and oxygen atoms in total. The summed E-state index contributed by atoms with van der Waals surface area (Å²) in [4.78, 5) is 11.4. The van der Waals surface area contributed by atoms with Crippen LogP contribution in [0, 0.1) is 6.92 Å². The first-order valence-electron chi connectivity index (χ1n) is 13.7. The quantitative estimate of drug-likeness (QED) is 0.204. The number of carboxylic acids is 1. The first kappa shape index (κ1) is 27.4. The molecule has 0 heterocycles. The van der Waals surface area contributed by atoms with E-state index in [1.807, 2.05) is 30.3 Å². The van der Waals surface area contributed by atoms with Gasteiger partial charge < -0.3 is 19.3 Å². The molecule has 5 rings (SSSR count). The first-order valence-corrected chi connectivity index (χ1v) is 13.7. The highest BCUT2D eigenvalue weighted by Crippen LogP contribution is 2.37. The molecule has 204 valence electrons. The van der Waals surface area contributed by atoms with Crippen LogP contribution < -0.4 is 4.74 Å². The van der Waals surface area contributed by atoms with Crippen molar-refractivity contribution in [1.29, 1.82) is 0 Å². The van der Waals surface area contributed by atoms with Gasteiger partial charge in [-0.05, 0) is 71.0 Å². The summed E-state index contributed by atoms with van der Waals surface area (Å²) in [7, 11) is 0. The number of rotatable bonds is 11. The van der Waals surface area contributed by atoms with Crippen LogP contribution in [0.5, 0.6) is 5.75 Å². The standard InChI is InChI=1S/C35H34O5/c1-3-38-33(35(36)37)22-25-10-16-30(17-11-25)39-19-20-40-34-31-18-15-28(26-7-5-4-6-8-26)23-29(31)14-13-27-12-9-24(2)21-32(27)34/h4-18,21,23,33-34H,3,19-20,22H2,1-2H3,(H,36,37). The summed E-state index contributed by atoms with van der Waals surface area (Å²) in [5.41, 5.74) is 9.00. The number of hydrogen-bond acceptors (Lipinski definition) is 4. The fourth-order valence-electron chi connectivity index (χ4n) is 5.05. The Balaban J connectivity index is 1.28. The summed E-state index contributed by atoms with van der Waals surface area (Å²) in [5, 5.41) is 9.32. The molecule has 0 radical (unpaired) electrons. The van der Waals surface area contributed by atoms with Gasteiger partial charge in [0.1, 0.15) is 18.5 Å². The summed E-state index contributed by atoms with van der Waals surface area (Å²) in [6, 6.07) is 30.9. The lowest BCUT2D eigenvalue weighted by Gasteiger charge is -2.22. The fourth-order valence-corrected chi connectivity index (χ4v) is 5.05. The van der Waals surface area contributed by atoms with E-state index < -0.39 is 12.1 Å². The van der Waals surface area contributed by atoms with Gasteiger partial charge in [0.05, 0.1) is 6.61 Å². The zero-order valence-electron chi connectivity index (χ0n) is 22.9. The molecular weight excluding hydrogens is 500 g/mol. The van der Waals surface area contributed by atoms with Crippen LogP contribution in [0.3, 0.4) is 0 Å². The van der Waals surface area contributed by atoms with Gasteiger partial charge in [0, 0.05) is 13.0 Å². The molecule has 0 bridgehead atoms. The van der Waals surface area contributed by atoms with Crippen LogP contribution in [0.4, 0.5) is 0 Å². The molecule has 2 unspecified atom stereocenters. The maximum Gasteiger partial charge on any atom is 0.333 e. The minimum atomic E-state index is -0.956. The van der Waals surface area contributed by atoms with Crippen LogP contribution in [0.25, 0.3) is 23.3 Å². The average molecular weight is 535 g/mol. The Morgan fingerprint density at radius 2 is 1.60 bits per heavy atom. The maximum absolute atomic E-state index is 11.4. The number of ether oxygens (including phenoxy) is 3. The van der Waals surface area contributed by atoms with Gasteiger partial charge in [-0.3, -0.25) is 0 Å². The van der Waals surface area contributed by atoms with Crippen LogP contribution in [0.1, 0.15) is 46.4 Å². The van der Waals surface area contributed by atoms with Gasteiger partial charge in [-0.25, -0.2) is 4.79 Å². The Kier molecular flexibility index (Phi) is 8.74. The smallest absolute Gasteiger partial charge is 0.333 e. The molecule has 0 saturated heterocycles. The van der Waals surface area contributed by atoms with Gasteiger partial charge in [0.25, 0.3) is 0 Å². The summed E-state index contributed by atoms with van der Waals surface area (Å²) >= 11 is 0. The van der Waals surface area contributed by atoms with Crippen LogP contribution in [0.15, 0.2) is 91.0 Å². The summed E-state index contributed by atoms with van der Waals surface area (Å²) in [6.07, 6.45) is 3.59. The Hall–Kier alpha value is -4.19. The number of benzene rings is 4. The third-order valence-electron chi connectivity index (χ3n) is 7.07. The van der Waals surface area contributed by atoms with Gasteiger partial charge in [-0.15, -0.1) is 0 Å². The Morgan fingerprint density at radius 3 is 2.35 bits per heavy atom. The SMILES string of the molecule is CCOC(Cc1ccc(OCCOC2c3ccc(-c4ccccc4)cc3C=Cc3ccc(C)cc32)cc1)C(=O)O. The molecule has 0 fully saturated rings. The zero-order valence-corrected chi connectivity index (χ0v) is 22.9. The van der Waals surface area contributed by atoms with Gasteiger partial charge in [-0.2, -0.15) is 0 Å². The number of hydrogen-bond donors (Lipinski definition) is 1. The molecule has 0 saturated carbocycles. The fraction of sp³-hybridized carbons (Fsp3) is 0.229. The van der Waals surface area contributed by atoms with E-state index in [0.717, 1.165) is 27.8 Å². The highest BCUT2D eigenvalue weighted by molar-refractivity contribution is 5.79. The molecule has 5 heteroatoms. The van der Waals surface area contributed by atoms with E-state index in [0.29, 0.717) is 32.0 Å². The van der Waals surface area contributed by atoms with Crippen molar-refractivity contribution in [2.24, 2.45) is 0 Å². The van der Waals surface area contributed by atoms with Gasteiger partial charge >= 0.3 is 5.97 Å². The van der Waals surface area contributed by atoms with Crippen LogP contribution in [-0.4, -0.2) is 37.0 Å². The lowest BCUT2D eigenvalue weighted by atomic mass is 9.93. The van der Waals surface area contributed by atoms with Gasteiger partial charge in [0.2, 0.25) is 0 Å². The molecule has 4 aromatic carbocycles. The van der Waals surface area contributed by atoms with Crippen LogP contribution >= 0.6 is 0 Å². The molecule has 1 aliphatic carbocycles. The van der Waals surface area contributed by atoms with Crippen molar-refractivity contribution in [3.05, 3.63) is 124 Å². The van der Waals surface area contributed by atoms with Crippen LogP contribution in [-0.2, 0) is 20.7 Å². The van der Waals surface area contributed by atoms with Crippen molar-refractivity contribution >= 4 is 18.1 Å². The number of aliphatic carboxylic acids is 1. The van der Waals surface area contributed by atoms with Crippen molar-refractivity contribution in [1.82, 2.24) is 0 Å². The largest absolute Gasteiger partial charge is 0.491 e. The van der Waals surface area contributed by atoms with E-state index in [4.69, 9.17) is 14.2 Å². The van der Waals surface area contributed by atoms with E-state index in [1.54, 1.807) is 6.92 Å². The Labute approximate surface area is 235 Å². The molecule has 40 heavy (non-hydrogen) atoms. The molecule has 0 aliphatic heterocycles. The maximum atomic E-state index is 11.4. The molecular formula is C35H34O5. The third kappa shape index (κ3) is 6.50. The van der Waals surface area contributed by atoms with Crippen LogP contribution in [0.2, 0.25) is 0 Å². The predicted molar refractivity (Wildman–Crippen MR) is 158 cm³/mol. The Bertz CT molecular complexity index is 1470. The normalized spacial score (nSPS) is 14.6. The molecule has 4 aromatic rings. The number of carboxylic acid groups (broad SMARTS) is 1. The second-order valence-corrected chi connectivity index (χ2v) is 9.91. The summed E-state index contributed by atoms with van der Waals surface area (Å²) in [6.45, 7) is 5.05. The lowest BCUT2D eigenvalue weighted by molar-refractivity contribution is -0.149. The van der Waals surface area contributed by atoms with Gasteiger partial charge in [-0.1, -0.05) is 90.5 Å². The topological polar surface area (TPSA) is 65.0 Å². The van der Waals surface area contributed by atoms with E-state index in [1.165, 1.54) is 16.7 Å². The highest BCUT2D eigenvalue weighted by Gasteiger charge is 2.23. The molecule has 1 N–H and O–H groups in total. The van der Waals surface area contributed by atoms with Gasteiger partial charge in [0.15, 0.2) is 6.10 Å². The molecule has 1 aliphatic rings. The van der Waals surface area contributed by atoms with Crippen molar-refractivity contribution < 1.29 is 24.1 Å². The highest BCUT2D eigenvalue weighted by atomic mass is 16.5. The second kappa shape index (κ2) is 12.8. The Morgan fingerprint density at radius 1 is 0.825 bits per heavy atom. The zero-order chi connectivity index (χ0) is 27.9. The number of fused-ring (bicyclic) bond motifs is 2. The molecule has 0 amide bonds. The van der Waals surface area contributed by atoms with Crippen molar-refractivity contribution in [3.63, 3.8) is 0 Å². The monoisotopic (exact) mass is 534 g/mol. The van der Waals surface area contributed by atoms with E-state index in [9.17, 15) is 9.90 Å². The average Bonchev–Trinajstić information content (AvgIpc) is 3.12. The van der Waals surface area contributed by atoms with Crippen molar-refractivity contribution in [2.75, 3.05) is 19.8 Å². The summed E-state index contributed by atoms with van der Waals surface area (Å²) < 4.78 is 17.8. The van der Waals surface area contributed by atoms with E-state index in [-0.39, 0.29) is 6.10 Å². The number of carbonyl (C=O) groups is 1. The molecule has 0 spiro atoms. The lowest BCUT2D eigenvalue weighted by Crippen LogP contribution is -2.26. The summed E-state index contributed by atoms with van der Waals surface area (Å²) in [5.74, 6) is -0.245. The van der Waals surface area contributed by atoms with Crippen molar-refractivity contribution in [3.8, 4) is 16.9 Å². The van der Waals surface area contributed by atoms with E-state index in [2.05, 4.69) is 79.7 Å². The first-order chi connectivity index (χ1) is 19.5. The number of aryl methyl sites for hydroxylation is 1. The minimum Gasteiger partial charge on any atom is -0.491 e. The minimum absolute atomic E-state index is 0.220. The second-order valence-electron chi connectivity index (χ2n) is 9.91. The van der Waals surface area contributed by atoms with E-state index >= 15 is 0 Å².